The summed E-state index contributed by atoms with van der Waals surface area (Å²) in [4.78, 5) is 5.40. The van der Waals surface area contributed by atoms with Gasteiger partial charge in [-0.2, -0.15) is 0 Å². The number of terminal acetylenes is 1. The number of benzene rings is 2. The molecule has 0 aromatic heterocycles. The van der Waals surface area contributed by atoms with Gasteiger partial charge >= 0.3 is 0 Å². The average molecular weight is 539 g/mol. The van der Waals surface area contributed by atoms with Crippen LogP contribution in [-0.4, -0.2) is 56.2 Å². The molecule has 2 aromatic rings. The van der Waals surface area contributed by atoms with E-state index in [1.807, 2.05) is 6.07 Å². The normalized spacial score (nSPS) is 23.2. The van der Waals surface area contributed by atoms with Crippen molar-refractivity contribution in [1.82, 2.24) is 9.80 Å². The summed E-state index contributed by atoms with van der Waals surface area (Å²) in [7, 11) is 1.81. The summed E-state index contributed by atoms with van der Waals surface area (Å²) < 4.78 is 5.86. The summed E-state index contributed by atoms with van der Waals surface area (Å²) in [6.45, 7) is 18.4. The molecule has 2 heterocycles. The Bertz CT molecular complexity index is 1190. The van der Waals surface area contributed by atoms with Gasteiger partial charge in [0.25, 0.3) is 0 Å². The molecule has 4 rings (SSSR count). The maximum atomic E-state index is 5.86. The lowest BCUT2D eigenvalue weighted by molar-refractivity contribution is 0.239. The van der Waals surface area contributed by atoms with E-state index in [0.717, 1.165) is 30.6 Å². The van der Waals surface area contributed by atoms with Crippen LogP contribution in [0.2, 0.25) is 0 Å². The molecule has 3 nitrogen and oxygen atoms in total. The Balaban J connectivity index is 1.50. The topological polar surface area (TPSA) is 15.7 Å². The first-order chi connectivity index (χ1) is 19.5. The molecule has 2 aliphatic rings. The molecule has 0 saturated carbocycles. The number of hydrogen-bond acceptors (Lipinski definition) is 3. The second-order valence-corrected chi connectivity index (χ2v) is 12.0. The fourth-order valence-electron chi connectivity index (χ4n) is 6.58. The largest absolute Gasteiger partial charge is 0.496 e. The molecule has 2 aliphatic heterocycles. The average Bonchev–Trinajstić information content (AvgIpc) is 3.20. The number of nitrogens with zero attached hydrogens (tertiary/aromatic N) is 2. The predicted molar refractivity (Wildman–Crippen MR) is 172 cm³/mol. The van der Waals surface area contributed by atoms with E-state index in [1.165, 1.54) is 118 Å². The smallest absolute Gasteiger partial charge is 0.124 e. The maximum absolute atomic E-state index is 5.86. The predicted octanol–water partition coefficient (Wildman–Crippen LogP) is 8.01. The van der Waals surface area contributed by atoms with Crippen molar-refractivity contribution in [3.63, 3.8) is 0 Å². The van der Waals surface area contributed by atoms with Crippen LogP contribution in [0.25, 0.3) is 11.1 Å². The van der Waals surface area contributed by atoms with Gasteiger partial charge in [-0.1, -0.05) is 44.1 Å². The zero-order valence-electron chi connectivity index (χ0n) is 25.1. The Labute approximate surface area is 244 Å². The number of rotatable bonds is 4. The van der Waals surface area contributed by atoms with Gasteiger partial charge in [0.15, 0.2) is 0 Å². The van der Waals surface area contributed by atoms with Crippen LogP contribution in [0.15, 0.2) is 49.6 Å². The fourth-order valence-corrected chi connectivity index (χ4v) is 6.58. The van der Waals surface area contributed by atoms with Crippen molar-refractivity contribution in [1.29, 1.82) is 0 Å². The monoisotopic (exact) mass is 538 g/mol. The van der Waals surface area contributed by atoms with E-state index in [1.54, 1.807) is 7.11 Å². The van der Waals surface area contributed by atoms with Crippen molar-refractivity contribution >= 4 is 11.1 Å². The van der Waals surface area contributed by atoms with Gasteiger partial charge in [0.1, 0.15) is 5.75 Å². The van der Waals surface area contributed by atoms with Gasteiger partial charge in [0, 0.05) is 18.7 Å². The molecule has 214 valence electrons. The quantitative estimate of drug-likeness (QED) is 0.367. The van der Waals surface area contributed by atoms with E-state index in [9.17, 15) is 0 Å². The highest BCUT2D eigenvalue weighted by Crippen LogP contribution is 2.32. The van der Waals surface area contributed by atoms with Crippen molar-refractivity contribution in [2.24, 2.45) is 5.92 Å². The molecule has 3 unspecified atom stereocenters. The number of fused-ring (bicyclic) bond motifs is 5. The molecular formula is C37H50N2O. The summed E-state index contributed by atoms with van der Waals surface area (Å²) in [5.41, 5.74) is 8.44. The zero-order valence-corrected chi connectivity index (χ0v) is 25.1. The fraction of sp³-hybridized carbons (Fsp3) is 0.514. The highest BCUT2D eigenvalue weighted by molar-refractivity contribution is 5.67. The van der Waals surface area contributed by atoms with E-state index < -0.39 is 0 Å². The molecule has 4 bridgehead atoms. The minimum Gasteiger partial charge on any atom is -0.496 e. The minimum atomic E-state index is 0.623. The summed E-state index contributed by atoms with van der Waals surface area (Å²) in [5.74, 6) is 4.45. The van der Waals surface area contributed by atoms with Crippen molar-refractivity contribution in [2.75, 3.05) is 46.4 Å². The van der Waals surface area contributed by atoms with Crippen LogP contribution < -0.4 is 4.74 Å². The number of methoxy groups -OCH3 is 1. The highest BCUT2D eigenvalue weighted by Gasteiger charge is 2.19. The SMILES string of the molecule is C#Cc1cccc(C(=C)CC2CCCCc3cc(cc(C)c3OC)C(=C)CCCCN3CCCN(CC2)CC3)c1. The van der Waals surface area contributed by atoms with Gasteiger partial charge < -0.3 is 14.5 Å². The van der Waals surface area contributed by atoms with Gasteiger partial charge in [-0.3, -0.25) is 0 Å². The second-order valence-electron chi connectivity index (χ2n) is 12.0. The van der Waals surface area contributed by atoms with Crippen LogP contribution >= 0.6 is 0 Å². The molecule has 0 amide bonds. The third kappa shape index (κ3) is 8.60. The minimum absolute atomic E-state index is 0.623. The third-order valence-corrected chi connectivity index (χ3v) is 8.98. The van der Waals surface area contributed by atoms with Crippen LogP contribution in [0.4, 0.5) is 0 Å². The molecule has 0 spiro atoms. The highest BCUT2D eigenvalue weighted by atomic mass is 16.5. The van der Waals surface area contributed by atoms with Crippen LogP contribution in [0.1, 0.15) is 85.6 Å². The van der Waals surface area contributed by atoms with Crippen molar-refractivity contribution in [3.8, 4) is 18.1 Å². The summed E-state index contributed by atoms with van der Waals surface area (Å²) in [6.07, 6.45) is 17.4. The summed E-state index contributed by atoms with van der Waals surface area (Å²) in [6, 6.07) is 13.0. The van der Waals surface area contributed by atoms with Crippen molar-refractivity contribution in [2.45, 2.75) is 71.1 Å². The Morgan fingerprint density at radius 1 is 0.925 bits per heavy atom. The van der Waals surface area contributed by atoms with Crippen molar-refractivity contribution < 1.29 is 4.74 Å². The Morgan fingerprint density at radius 3 is 2.45 bits per heavy atom. The Kier molecular flexibility index (Phi) is 11.5. The lowest BCUT2D eigenvalue weighted by Crippen LogP contribution is -2.32. The number of aryl methyl sites for hydroxylation is 2. The van der Waals surface area contributed by atoms with E-state index in [-0.39, 0.29) is 0 Å². The molecule has 0 N–H and O–H groups in total. The molecule has 0 radical (unpaired) electrons. The summed E-state index contributed by atoms with van der Waals surface area (Å²) >= 11 is 0. The molecular weight excluding hydrogens is 488 g/mol. The van der Waals surface area contributed by atoms with Gasteiger partial charge in [-0.05, 0) is 148 Å². The molecule has 3 atom stereocenters. The zero-order chi connectivity index (χ0) is 28.3. The van der Waals surface area contributed by atoms with Crippen LogP contribution in [-0.2, 0) is 6.42 Å². The van der Waals surface area contributed by atoms with E-state index in [2.05, 4.69) is 66.1 Å². The van der Waals surface area contributed by atoms with E-state index in [0.29, 0.717) is 5.92 Å². The molecule has 1 fully saturated rings. The van der Waals surface area contributed by atoms with Gasteiger partial charge in [-0.15, -0.1) is 6.42 Å². The first-order valence-corrected chi connectivity index (χ1v) is 15.5. The molecule has 2 aromatic carbocycles. The first kappa shape index (κ1) is 30.2. The number of allylic oxidation sites excluding steroid dienone is 2. The van der Waals surface area contributed by atoms with Gasteiger partial charge in [0.05, 0.1) is 7.11 Å². The maximum Gasteiger partial charge on any atom is 0.124 e. The van der Waals surface area contributed by atoms with E-state index >= 15 is 0 Å². The molecule has 40 heavy (non-hydrogen) atoms. The van der Waals surface area contributed by atoms with Crippen LogP contribution in [0, 0.1) is 25.2 Å². The van der Waals surface area contributed by atoms with Crippen LogP contribution in [0.3, 0.4) is 0 Å². The Hall–Kier alpha value is -2.80. The Morgan fingerprint density at radius 2 is 1.68 bits per heavy atom. The lowest BCUT2D eigenvalue weighted by Gasteiger charge is -2.25. The first-order valence-electron chi connectivity index (χ1n) is 15.5. The van der Waals surface area contributed by atoms with Crippen molar-refractivity contribution in [3.05, 3.63) is 77.4 Å². The lowest BCUT2D eigenvalue weighted by atomic mass is 9.87. The van der Waals surface area contributed by atoms with Gasteiger partial charge in [0.2, 0.25) is 0 Å². The van der Waals surface area contributed by atoms with Crippen LogP contribution in [0.5, 0.6) is 5.75 Å². The summed E-state index contributed by atoms with van der Waals surface area (Å²) in [5, 5.41) is 0. The third-order valence-electron chi connectivity index (χ3n) is 8.98. The van der Waals surface area contributed by atoms with E-state index in [4.69, 9.17) is 11.2 Å². The second kappa shape index (κ2) is 15.3. The molecule has 0 aliphatic carbocycles. The number of ether oxygens (including phenoxy) is 1. The molecule has 3 heteroatoms. The number of hydrogen-bond donors (Lipinski definition) is 0. The molecule has 1 saturated heterocycles. The van der Waals surface area contributed by atoms with Gasteiger partial charge in [-0.25, -0.2) is 0 Å². The standard InChI is InChI=1S/C37H50N2O/c1-6-32-15-11-17-34(27-32)30(3)25-33-14-7-8-16-35-28-36(26-31(4)37(35)40-5)29(2)13-9-10-19-38-20-12-21-39(22-18-33)24-23-38/h1,11,15,17,26-28,33H,2-3,7-10,12-14,16,18-25H2,4-5H3.